The topological polar surface area (TPSA) is 67.8 Å². The van der Waals surface area contributed by atoms with Gasteiger partial charge in [0.05, 0.1) is 20.1 Å². The molecule has 0 heterocycles. The summed E-state index contributed by atoms with van der Waals surface area (Å²) in [7, 11) is 3.24. The third-order valence-corrected chi connectivity index (χ3v) is 3.05. The van der Waals surface area contributed by atoms with Gasteiger partial charge in [-0.1, -0.05) is 13.0 Å². The van der Waals surface area contributed by atoms with E-state index >= 15 is 0 Å². The fourth-order valence-electron chi connectivity index (χ4n) is 1.88. The molecule has 0 saturated carbocycles. The maximum Gasteiger partial charge on any atom is 0.307 e. The molecule has 0 saturated heterocycles. The lowest BCUT2D eigenvalue weighted by Gasteiger charge is -2.15. The molecule has 5 heteroatoms. The molecule has 2 N–H and O–H groups in total. The number of carbonyl (C=O) groups is 1. The number of carboxylic acid groups (broad SMARTS) is 1. The van der Waals surface area contributed by atoms with Gasteiger partial charge in [-0.3, -0.25) is 4.79 Å². The van der Waals surface area contributed by atoms with Gasteiger partial charge in [-0.15, -0.1) is 0 Å². The first-order valence-corrected chi connectivity index (χ1v) is 6.15. The van der Waals surface area contributed by atoms with E-state index in [-0.39, 0.29) is 0 Å². The molecule has 0 aromatic heterocycles. The molecule has 0 fully saturated rings. The largest absolute Gasteiger partial charge is 0.496 e. The van der Waals surface area contributed by atoms with E-state index in [0.717, 1.165) is 22.6 Å². The van der Waals surface area contributed by atoms with Crippen molar-refractivity contribution < 1.29 is 19.4 Å². The summed E-state index contributed by atoms with van der Waals surface area (Å²) in [6.07, 6.45) is 0. The molecule has 19 heavy (non-hydrogen) atoms. The minimum absolute atomic E-state index is 0.412. The van der Waals surface area contributed by atoms with E-state index < -0.39 is 11.9 Å². The number of hydrogen-bond donors (Lipinski definition) is 2. The summed E-state index contributed by atoms with van der Waals surface area (Å²) >= 11 is 0. The van der Waals surface area contributed by atoms with E-state index in [1.54, 1.807) is 21.1 Å². The van der Waals surface area contributed by atoms with Crippen molar-refractivity contribution in [3.8, 4) is 11.5 Å². The Bertz CT molecular complexity index is 445. The highest BCUT2D eigenvalue weighted by Crippen LogP contribution is 2.31. The fraction of sp³-hybridized carbons (Fsp3) is 0.500. The quantitative estimate of drug-likeness (QED) is 0.788. The Kier molecular flexibility index (Phi) is 5.63. The molecular formula is C14H21NO4. The minimum Gasteiger partial charge on any atom is -0.496 e. The van der Waals surface area contributed by atoms with E-state index in [9.17, 15) is 4.79 Å². The molecule has 1 aromatic carbocycles. The zero-order valence-electron chi connectivity index (χ0n) is 11.8. The van der Waals surface area contributed by atoms with Crippen molar-refractivity contribution in [3.63, 3.8) is 0 Å². The number of aliphatic carboxylic acids is 1. The average molecular weight is 267 g/mol. The van der Waals surface area contributed by atoms with Crippen LogP contribution in [0.5, 0.6) is 11.5 Å². The van der Waals surface area contributed by atoms with Crippen LogP contribution in [-0.4, -0.2) is 31.8 Å². The molecule has 0 aliphatic rings. The summed E-state index contributed by atoms with van der Waals surface area (Å²) in [5.74, 6) is 0.338. The predicted molar refractivity (Wildman–Crippen MR) is 72.8 cm³/mol. The van der Waals surface area contributed by atoms with Crippen LogP contribution in [0.25, 0.3) is 0 Å². The molecule has 1 aromatic rings. The normalized spacial score (nSPS) is 12.0. The lowest BCUT2D eigenvalue weighted by atomic mass is 10.1. The van der Waals surface area contributed by atoms with E-state index in [0.29, 0.717) is 13.1 Å². The van der Waals surface area contributed by atoms with Gasteiger partial charge in [0.25, 0.3) is 0 Å². The molecule has 0 amide bonds. The molecule has 1 unspecified atom stereocenters. The lowest BCUT2D eigenvalue weighted by molar-refractivity contribution is -0.140. The Morgan fingerprint density at radius 3 is 2.58 bits per heavy atom. The van der Waals surface area contributed by atoms with Crippen LogP contribution in [0.3, 0.4) is 0 Å². The van der Waals surface area contributed by atoms with Crippen LogP contribution in [0.15, 0.2) is 12.1 Å². The second kappa shape index (κ2) is 6.99. The molecule has 0 aliphatic heterocycles. The van der Waals surface area contributed by atoms with Gasteiger partial charge in [0, 0.05) is 24.2 Å². The van der Waals surface area contributed by atoms with Crippen LogP contribution in [-0.2, 0) is 11.3 Å². The van der Waals surface area contributed by atoms with Crippen molar-refractivity contribution in [1.82, 2.24) is 5.32 Å². The van der Waals surface area contributed by atoms with Gasteiger partial charge in [-0.25, -0.2) is 0 Å². The Hall–Kier alpha value is -1.75. The summed E-state index contributed by atoms with van der Waals surface area (Å²) in [6.45, 7) is 4.59. The molecule has 0 radical (unpaired) electrons. The van der Waals surface area contributed by atoms with E-state index in [4.69, 9.17) is 14.6 Å². The minimum atomic E-state index is -0.801. The summed E-state index contributed by atoms with van der Waals surface area (Å²) < 4.78 is 10.6. The van der Waals surface area contributed by atoms with Crippen molar-refractivity contribution in [2.24, 2.45) is 5.92 Å². The first-order chi connectivity index (χ1) is 9.01. The standard InChI is InChI=1S/C14H21NO4/c1-9(14(16)17)7-15-8-11-5-6-12(18-3)10(2)13(11)19-4/h5-6,9,15H,7-8H2,1-4H3,(H,16,17). The van der Waals surface area contributed by atoms with Crippen LogP contribution in [0.4, 0.5) is 0 Å². The molecular weight excluding hydrogens is 246 g/mol. The lowest BCUT2D eigenvalue weighted by Crippen LogP contribution is -2.26. The number of rotatable bonds is 7. The van der Waals surface area contributed by atoms with Crippen molar-refractivity contribution in [1.29, 1.82) is 0 Å². The average Bonchev–Trinajstić information content (AvgIpc) is 2.38. The van der Waals surface area contributed by atoms with Crippen LogP contribution in [0, 0.1) is 12.8 Å². The zero-order valence-corrected chi connectivity index (χ0v) is 11.8. The Labute approximate surface area is 113 Å². The molecule has 1 atom stereocenters. The maximum atomic E-state index is 10.7. The molecule has 5 nitrogen and oxygen atoms in total. The van der Waals surface area contributed by atoms with Crippen LogP contribution in [0.1, 0.15) is 18.1 Å². The van der Waals surface area contributed by atoms with Gasteiger partial charge in [0.15, 0.2) is 0 Å². The Morgan fingerprint density at radius 1 is 1.37 bits per heavy atom. The predicted octanol–water partition coefficient (Wildman–Crippen LogP) is 1.82. The maximum absolute atomic E-state index is 10.7. The van der Waals surface area contributed by atoms with Crippen molar-refractivity contribution in [2.75, 3.05) is 20.8 Å². The number of hydrogen-bond acceptors (Lipinski definition) is 4. The van der Waals surface area contributed by atoms with Gasteiger partial charge >= 0.3 is 5.97 Å². The highest BCUT2D eigenvalue weighted by atomic mass is 16.5. The molecule has 106 valence electrons. The van der Waals surface area contributed by atoms with E-state index in [2.05, 4.69) is 5.32 Å². The number of nitrogens with one attached hydrogen (secondary N) is 1. The first-order valence-electron chi connectivity index (χ1n) is 6.15. The van der Waals surface area contributed by atoms with Crippen molar-refractivity contribution in [3.05, 3.63) is 23.3 Å². The van der Waals surface area contributed by atoms with Gasteiger partial charge in [0.2, 0.25) is 0 Å². The SMILES string of the molecule is COc1ccc(CNCC(C)C(=O)O)c(OC)c1C. The second-order valence-corrected chi connectivity index (χ2v) is 4.46. The van der Waals surface area contributed by atoms with Crippen molar-refractivity contribution in [2.45, 2.75) is 20.4 Å². The number of carboxylic acids is 1. The highest BCUT2D eigenvalue weighted by Gasteiger charge is 2.13. The van der Waals surface area contributed by atoms with Crippen LogP contribution >= 0.6 is 0 Å². The number of benzene rings is 1. The summed E-state index contributed by atoms with van der Waals surface area (Å²) in [4.78, 5) is 10.7. The zero-order chi connectivity index (χ0) is 14.4. The van der Waals surface area contributed by atoms with Gasteiger partial charge in [-0.05, 0) is 13.0 Å². The monoisotopic (exact) mass is 267 g/mol. The number of methoxy groups -OCH3 is 2. The smallest absolute Gasteiger partial charge is 0.307 e. The molecule has 0 bridgehead atoms. The second-order valence-electron chi connectivity index (χ2n) is 4.46. The third-order valence-electron chi connectivity index (χ3n) is 3.05. The molecule has 0 aliphatic carbocycles. The third kappa shape index (κ3) is 3.86. The number of ether oxygens (including phenoxy) is 2. The first kappa shape index (κ1) is 15.3. The van der Waals surface area contributed by atoms with Crippen LogP contribution in [0.2, 0.25) is 0 Å². The Balaban J connectivity index is 2.73. The van der Waals surface area contributed by atoms with Crippen LogP contribution < -0.4 is 14.8 Å². The van der Waals surface area contributed by atoms with Gasteiger partial charge < -0.3 is 19.9 Å². The van der Waals surface area contributed by atoms with Gasteiger partial charge in [0.1, 0.15) is 11.5 Å². The fourth-order valence-corrected chi connectivity index (χ4v) is 1.88. The molecule has 0 spiro atoms. The Morgan fingerprint density at radius 2 is 2.05 bits per heavy atom. The van der Waals surface area contributed by atoms with E-state index in [1.165, 1.54) is 0 Å². The highest BCUT2D eigenvalue weighted by molar-refractivity contribution is 5.69. The van der Waals surface area contributed by atoms with E-state index in [1.807, 2.05) is 19.1 Å². The van der Waals surface area contributed by atoms with Crippen molar-refractivity contribution >= 4 is 5.97 Å². The van der Waals surface area contributed by atoms with Gasteiger partial charge in [-0.2, -0.15) is 0 Å². The summed E-state index contributed by atoms with van der Waals surface area (Å²) in [5, 5.41) is 11.9. The molecule has 1 rings (SSSR count). The summed E-state index contributed by atoms with van der Waals surface area (Å²) in [6, 6.07) is 3.80. The summed E-state index contributed by atoms with van der Waals surface area (Å²) in [5.41, 5.74) is 1.92.